The van der Waals surface area contributed by atoms with Crippen LogP contribution in [0.4, 0.5) is 0 Å². The average Bonchev–Trinajstić information content (AvgIpc) is 2.94. The molecule has 242 valence electrons. The van der Waals surface area contributed by atoms with Crippen LogP contribution in [0.2, 0.25) is 0 Å². The Morgan fingerprint density at radius 3 is 2.09 bits per heavy atom. The molecule has 0 aromatic heterocycles. The summed E-state index contributed by atoms with van der Waals surface area (Å²) in [4.78, 5) is 64.3. The monoisotopic (exact) mass is 622 g/mol. The van der Waals surface area contributed by atoms with E-state index < -0.39 is 76.9 Å². The largest absolute Gasteiger partial charge is 0.461 e. The van der Waals surface area contributed by atoms with Crippen LogP contribution in [0, 0.1) is 16.7 Å². The number of carbonyl (C=O) groups is 5. The smallest absolute Gasteiger partial charge is 0.331 e. The number of aliphatic hydroxyl groups excluding tert-OH is 1. The summed E-state index contributed by atoms with van der Waals surface area (Å²) >= 11 is 0. The van der Waals surface area contributed by atoms with E-state index >= 15 is 0 Å². The van der Waals surface area contributed by atoms with Crippen LogP contribution in [0.3, 0.4) is 0 Å². The minimum atomic E-state index is -1.64. The number of aliphatic hydroxyl groups is 1. The summed E-state index contributed by atoms with van der Waals surface area (Å²) in [6, 6.07) is 9.19. The normalized spacial score (nSPS) is 31.0. The Hall–Kier alpha value is -4.05. The standard InChI is InChI=1S/C35H42O10/c1-19-26(42-20(2)36)16-25-28(43-21(3)37)15-24-18-35(7,33(41)32(40)31(19)34(25,5)6)29(44-22(4)38)17-27(24)45-30(39)14-13-23-11-9-8-10-12-23/h8-15,25-29,32,40H,16-18H2,1-7H3/t25-,26?,27?,28?,29?,32?,35+/m1/s1. The van der Waals surface area contributed by atoms with Gasteiger partial charge in [-0.05, 0) is 66.5 Å². The zero-order valence-electron chi connectivity index (χ0n) is 26.8. The highest BCUT2D eigenvalue weighted by Crippen LogP contribution is 2.53. The predicted molar refractivity (Wildman–Crippen MR) is 163 cm³/mol. The number of ether oxygens (including phenoxy) is 4. The van der Waals surface area contributed by atoms with Gasteiger partial charge in [0.15, 0.2) is 5.78 Å². The molecule has 1 saturated carbocycles. The summed E-state index contributed by atoms with van der Waals surface area (Å²) < 4.78 is 23.1. The van der Waals surface area contributed by atoms with E-state index in [9.17, 15) is 29.1 Å². The Morgan fingerprint density at radius 1 is 0.867 bits per heavy atom. The Bertz CT molecular complexity index is 1450. The van der Waals surface area contributed by atoms with Crippen molar-refractivity contribution >= 4 is 35.7 Å². The minimum absolute atomic E-state index is 0.0359. The van der Waals surface area contributed by atoms with Crippen molar-refractivity contribution in [1.29, 1.82) is 0 Å². The predicted octanol–water partition coefficient (Wildman–Crippen LogP) is 4.44. The molecule has 10 heteroatoms. The van der Waals surface area contributed by atoms with Gasteiger partial charge in [-0.1, -0.05) is 44.2 Å². The van der Waals surface area contributed by atoms with E-state index in [1.54, 1.807) is 26.0 Å². The van der Waals surface area contributed by atoms with Crippen molar-refractivity contribution in [3.05, 3.63) is 64.8 Å². The average molecular weight is 623 g/mol. The molecule has 3 aliphatic carbocycles. The molecule has 0 amide bonds. The molecule has 3 aliphatic rings. The van der Waals surface area contributed by atoms with Crippen molar-refractivity contribution in [3.63, 3.8) is 0 Å². The third kappa shape index (κ3) is 7.11. The molecule has 1 aromatic rings. The van der Waals surface area contributed by atoms with Gasteiger partial charge in [-0.15, -0.1) is 0 Å². The molecule has 10 nitrogen and oxygen atoms in total. The molecule has 4 bridgehead atoms. The second-order valence-corrected chi connectivity index (χ2v) is 12.9. The van der Waals surface area contributed by atoms with Crippen molar-refractivity contribution in [2.24, 2.45) is 16.7 Å². The highest BCUT2D eigenvalue weighted by Gasteiger charge is 2.57. The molecule has 0 radical (unpaired) electrons. The van der Waals surface area contributed by atoms with Gasteiger partial charge in [0, 0.05) is 39.2 Å². The van der Waals surface area contributed by atoms with Crippen LogP contribution in [0.15, 0.2) is 59.2 Å². The molecule has 5 unspecified atom stereocenters. The number of fused-ring (bicyclic) bond motifs is 4. The summed E-state index contributed by atoms with van der Waals surface area (Å²) in [5.41, 5.74) is -0.173. The molecule has 1 fully saturated rings. The third-order valence-corrected chi connectivity index (χ3v) is 9.37. The van der Waals surface area contributed by atoms with E-state index in [1.165, 1.54) is 26.8 Å². The van der Waals surface area contributed by atoms with Gasteiger partial charge >= 0.3 is 23.9 Å². The lowest BCUT2D eigenvalue weighted by Gasteiger charge is -2.51. The lowest BCUT2D eigenvalue weighted by atomic mass is 9.57. The fourth-order valence-electron chi connectivity index (χ4n) is 7.19. The number of Topliss-reactive ketones (excluding diaryl/α,β-unsaturated/α-hetero) is 1. The molecule has 1 N–H and O–H groups in total. The Balaban J connectivity index is 1.88. The first-order chi connectivity index (χ1) is 21.0. The Labute approximate surface area is 263 Å². The zero-order valence-corrected chi connectivity index (χ0v) is 26.8. The summed E-state index contributed by atoms with van der Waals surface area (Å²) in [6.45, 7) is 10.8. The quantitative estimate of drug-likeness (QED) is 0.209. The van der Waals surface area contributed by atoms with Crippen LogP contribution in [0.5, 0.6) is 0 Å². The van der Waals surface area contributed by atoms with Crippen LogP contribution < -0.4 is 0 Å². The lowest BCUT2D eigenvalue weighted by Crippen LogP contribution is -2.56. The van der Waals surface area contributed by atoms with Gasteiger partial charge in [0.2, 0.25) is 0 Å². The molecule has 0 heterocycles. The topological polar surface area (TPSA) is 143 Å². The number of ketones is 1. The fraction of sp³-hybridized carbons (Fsp3) is 0.514. The third-order valence-electron chi connectivity index (χ3n) is 9.37. The molecule has 7 atom stereocenters. The Kier molecular flexibility index (Phi) is 9.87. The molecular weight excluding hydrogens is 580 g/mol. The van der Waals surface area contributed by atoms with Gasteiger partial charge in [0.05, 0.1) is 5.41 Å². The number of carbonyl (C=O) groups excluding carboxylic acids is 5. The maximum atomic E-state index is 14.4. The first kappa shape index (κ1) is 33.8. The van der Waals surface area contributed by atoms with Crippen LogP contribution in [-0.2, 0) is 42.9 Å². The van der Waals surface area contributed by atoms with E-state index in [-0.39, 0.29) is 19.3 Å². The van der Waals surface area contributed by atoms with E-state index in [1.807, 2.05) is 44.2 Å². The van der Waals surface area contributed by atoms with Crippen LogP contribution in [0.1, 0.15) is 73.3 Å². The number of benzene rings is 1. The van der Waals surface area contributed by atoms with Gasteiger partial charge in [-0.2, -0.15) is 0 Å². The molecule has 0 aliphatic heterocycles. The second-order valence-electron chi connectivity index (χ2n) is 12.9. The van der Waals surface area contributed by atoms with Gasteiger partial charge in [-0.25, -0.2) is 4.79 Å². The SMILES string of the molecule is CC(=O)OC1C[C@@H]2C(OC(C)=O)C=C3C[C@](C)(C(=O)C(O)C(=C1C)C2(C)C)C(OC(C)=O)CC3OC(=O)C=Cc1ccccc1. The van der Waals surface area contributed by atoms with Crippen molar-refractivity contribution in [2.75, 3.05) is 0 Å². The molecule has 45 heavy (non-hydrogen) atoms. The van der Waals surface area contributed by atoms with E-state index in [4.69, 9.17) is 18.9 Å². The molecule has 0 saturated heterocycles. The van der Waals surface area contributed by atoms with Gasteiger partial charge in [0.25, 0.3) is 0 Å². The van der Waals surface area contributed by atoms with E-state index in [2.05, 4.69) is 0 Å². The molecule has 4 rings (SSSR count). The van der Waals surface area contributed by atoms with Crippen LogP contribution in [-0.4, -0.2) is 65.3 Å². The van der Waals surface area contributed by atoms with Crippen molar-refractivity contribution < 1.29 is 48.0 Å². The maximum absolute atomic E-state index is 14.4. The zero-order chi connectivity index (χ0) is 33.3. The Morgan fingerprint density at radius 2 is 1.49 bits per heavy atom. The molecule has 0 spiro atoms. The number of hydrogen-bond acceptors (Lipinski definition) is 10. The summed E-state index contributed by atoms with van der Waals surface area (Å²) in [6.07, 6.45) is -0.553. The first-order valence-corrected chi connectivity index (χ1v) is 15.1. The first-order valence-electron chi connectivity index (χ1n) is 15.1. The molecule has 1 aromatic carbocycles. The second kappa shape index (κ2) is 13.1. The van der Waals surface area contributed by atoms with Crippen molar-refractivity contribution in [2.45, 2.75) is 98.2 Å². The number of esters is 4. The van der Waals surface area contributed by atoms with E-state index in [0.717, 1.165) is 5.56 Å². The van der Waals surface area contributed by atoms with Crippen LogP contribution >= 0.6 is 0 Å². The lowest BCUT2D eigenvalue weighted by molar-refractivity contribution is -0.169. The van der Waals surface area contributed by atoms with Crippen LogP contribution in [0.25, 0.3) is 6.08 Å². The van der Waals surface area contributed by atoms with Gasteiger partial charge in [0.1, 0.15) is 30.5 Å². The van der Waals surface area contributed by atoms with Crippen molar-refractivity contribution in [3.8, 4) is 0 Å². The molecular formula is C35H42O10. The maximum Gasteiger partial charge on any atom is 0.331 e. The summed E-state index contributed by atoms with van der Waals surface area (Å²) in [5.74, 6) is -3.51. The number of hydrogen-bond donors (Lipinski definition) is 1. The summed E-state index contributed by atoms with van der Waals surface area (Å²) in [5, 5.41) is 11.8. The highest BCUT2D eigenvalue weighted by molar-refractivity contribution is 5.93. The van der Waals surface area contributed by atoms with E-state index in [0.29, 0.717) is 16.7 Å². The number of rotatable bonds is 6. The van der Waals surface area contributed by atoms with Gasteiger partial charge in [-0.3, -0.25) is 19.2 Å². The minimum Gasteiger partial charge on any atom is -0.461 e. The van der Waals surface area contributed by atoms with Gasteiger partial charge < -0.3 is 24.1 Å². The fourth-order valence-corrected chi connectivity index (χ4v) is 7.19. The van der Waals surface area contributed by atoms with Crippen molar-refractivity contribution in [1.82, 2.24) is 0 Å². The highest BCUT2D eigenvalue weighted by atomic mass is 16.6. The summed E-state index contributed by atoms with van der Waals surface area (Å²) in [7, 11) is 0.